The fourth-order valence-electron chi connectivity index (χ4n) is 1.51. The van der Waals surface area contributed by atoms with E-state index in [4.69, 9.17) is 11.6 Å². The van der Waals surface area contributed by atoms with Gasteiger partial charge >= 0.3 is 0 Å². The van der Waals surface area contributed by atoms with Gasteiger partial charge in [-0.15, -0.1) is 0 Å². The van der Waals surface area contributed by atoms with Crippen LogP contribution in [0, 0.1) is 0 Å². The molecule has 0 aliphatic rings. The molecule has 0 atom stereocenters. The van der Waals surface area contributed by atoms with E-state index in [1.54, 1.807) is 25.3 Å². The van der Waals surface area contributed by atoms with Gasteiger partial charge in [-0.25, -0.2) is 4.98 Å². The number of rotatable bonds is 4. The summed E-state index contributed by atoms with van der Waals surface area (Å²) >= 11 is 5.90. The molecule has 2 aromatic rings. The first-order chi connectivity index (χ1) is 9.17. The van der Waals surface area contributed by atoms with Crippen molar-refractivity contribution in [1.82, 2.24) is 4.98 Å². The van der Waals surface area contributed by atoms with E-state index in [0.29, 0.717) is 22.9 Å². The quantitative estimate of drug-likeness (QED) is 0.892. The summed E-state index contributed by atoms with van der Waals surface area (Å²) in [4.78, 5) is 15.4. The third-order valence-electron chi connectivity index (χ3n) is 2.47. The fourth-order valence-corrected chi connectivity index (χ4v) is 1.70. The molecule has 2 rings (SSSR count). The second-order valence-corrected chi connectivity index (χ2v) is 4.41. The van der Waals surface area contributed by atoms with Gasteiger partial charge in [-0.05, 0) is 30.3 Å². The Morgan fingerprint density at radius 2 is 2.11 bits per heavy atom. The molecule has 0 unspecified atom stereocenters. The molecule has 4 nitrogen and oxygen atoms in total. The van der Waals surface area contributed by atoms with Crippen LogP contribution >= 0.6 is 11.6 Å². The molecule has 19 heavy (non-hydrogen) atoms. The maximum Gasteiger partial charge on any atom is 0.224 e. The molecule has 5 heteroatoms. The van der Waals surface area contributed by atoms with E-state index >= 15 is 0 Å². The summed E-state index contributed by atoms with van der Waals surface area (Å²) in [6.45, 7) is 1.80. The number of aromatic nitrogens is 1. The van der Waals surface area contributed by atoms with Crippen LogP contribution in [-0.4, -0.2) is 10.9 Å². The molecule has 2 N–H and O–H groups in total. The molecule has 0 aliphatic heterocycles. The predicted molar refractivity (Wildman–Crippen MR) is 77.9 cm³/mol. The molecule has 1 aromatic carbocycles. The second-order valence-electron chi connectivity index (χ2n) is 3.97. The SMILES string of the molecule is CCC(=O)Nc1ccc(Nc2cccc(Cl)c2)nc1. The zero-order valence-corrected chi connectivity index (χ0v) is 11.2. The Morgan fingerprint density at radius 3 is 2.74 bits per heavy atom. The first-order valence-electron chi connectivity index (χ1n) is 5.96. The summed E-state index contributed by atoms with van der Waals surface area (Å²) in [7, 11) is 0. The lowest BCUT2D eigenvalue weighted by molar-refractivity contribution is -0.115. The van der Waals surface area contributed by atoms with Gasteiger partial charge in [0, 0.05) is 17.1 Å². The number of hydrogen-bond acceptors (Lipinski definition) is 3. The predicted octanol–water partition coefficient (Wildman–Crippen LogP) is 3.83. The highest BCUT2D eigenvalue weighted by Gasteiger charge is 2.00. The van der Waals surface area contributed by atoms with Gasteiger partial charge in [-0.3, -0.25) is 4.79 Å². The van der Waals surface area contributed by atoms with Crippen molar-refractivity contribution in [2.45, 2.75) is 13.3 Å². The van der Waals surface area contributed by atoms with Gasteiger partial charge in [0.2, 0.25) is 5.91 Å². The molecule has 0 saturated carbocycles. The molecule has 1 heterocycles. The van der Waals surface area contributed by atoms with Crippen molar-refractivity contribution in [2.24, 2.45) is 0 Å². The fraction of sp³-hybridized carbons (Fsp3) is 0.143. The first-order valence-corrected chi connectivity index (χ1v) is 6.33. The van der Waals surface area contributed by atoms with E-state index in [0.717, 1.165) is 5.69 Å². The molecular formula is C14H14ClN3O. The summed E-state index contributed by atoms with van der Waals surface area (Å²) < 4.78 is 0. The average Bonchev–Trinajstić information content (AvgIpc) is 2.41. The van der Waals surface area contributed by atoms with Crippen LogP contribution in [-0.2, 0) is 4.79 Å². The van der Waals surface area contributed by atoms with Crippen molar-refractivity contribution >= 4 is 34.7 Å². The van der Waals surface area contributed by atoms with Crippen molar-refractivity contribution in [2.75, 3.05) is 10.6 Å². The van der Waals surface area contributed by atoms with E-state index in [-0.39, 0.29) is 5.91 Å². The lowest BCUT2D eigenvalue weighted by Crippen LogP contribution is -2.09. The summed E-state index contributed by atoms with van der Waals surface area (Å²) in [6.07, 6.45) is 2.06. The van der Waals surface area contributed by atoms with Crippen molar-refractivity contribution in [3.05, 3.63) is 47.6 Å². The zero-order valence-electron chi connectivity index (χ0n) is 10.5. The van der Waals surface area contributed by atoms with Gasteiger partial charge in [-0.2, -0.15) is 0 Å². The Labute approximate surface area is 116 Å². The maximum absolute atomic E-state index is 11.2. The maximum atomic E-state index is 11.2. The van der Waals surface area contributed by atoms with Crippen LogP contribution in [0.3, 0.4) is 0 Å². The van der Waals surface area contributed by atoms with E-state index in [1.165, 1.54) is 0 Å². The lowest BCUT2D eigenvalue weighted by Gasteiger charge is -2.07. The summed E-state index contributed by atoms with van der Waals surface area (Å²) in [5.41, 5.74) is 1.55. The van der Waals surface area contributed by atoms with Crippen LogP contribution in [0.25, 0.3) is 0 Å². The summed E-state index contributed by atoms with van der Waals surface area (Å²) in [5, 5.41) is 6.54. The van der Waals surface area contributed by atoms with Crippen LogP contribution in [0.2, 0.25) is 5.02 Å². The molecule has 1 aromatic heterocycles. The largest absolute Gasteiger partial charge is 0.340 e. The number of amides is 1. The molecule has 0 aliphatic carbocycles. The monoisotopic (exact) mass is 275 g/mol. The minimum atomic E-state index is -0.0302. The second kappa shape index (κ2) is 6.20. The average molecular weight is 276 g/mol. The highest BCUT2D eigenvalue weighted by molar-refractivity contribution is 6.30. The van der Waals surface area contributed by atoms with E-state index in [9.17, 15) is 4.79 Å². The Balaban J connectivity index is 2.04. The van der Waals surface area contributed by atoms with Crippen LogP contribution in [0.4, 0.5) is 17.2 Å². The Kier molecular flexibility index (Phi) is 4.36. The zero-order chi connectivity index (χ0) is 13.7. The van der Waals surface area contributed by atoms with E-state index in [1.807, 2.05) is 24.3 Å². The normalized spacial score (nSPS) is 10.0. The lowest BCUT2D eigenvalue weighted by atomic mass is 10.3. The highest BCUT2D eigenvalue weighted by Crippen LogP contribution is 2.19. The number of anilines is 3. The summed E-state index contributed by atoms with van der Waals surface area (Å²) in [5.74, 6) is 0.661. The van der Waals surface area contributed by atoms with Gasteiger partial charge in [0.1, 0.15) is 5.82 Å². The minimum absolute atomic E-state index is 0.0302. The Morgan fingerprint density at radius 1 is 1.26 bits per heavy atom. The number of nitrogens with one attached hydrogen (secondary N) is 2. The van der Waals surface area contributed by atoms with Gasteiger partial charge in [-0.1, -0.05) is 24.6 Å². The van der Waals surface area contributed by atoms with Crippen LogP contribution in [0.1, 0.15) is 13.3 Å². The van der Waals surface area contributed by atoms with E-state index < -0.39 is 0 Å². The van der Waals surface area contributed by atoms with Crippen LogP contribution in [0.15, 0.2) is 42.6 Å². The Bertz CT molecular complexity index is 569. The van der Waals surface area contributed by atoms with Gasteiger partial charge < -0.3 is 10.6 Å². The first kappa shape index (κ1) is 13.4. The van der Waals surface area contributed by atoms with Gasteiger partial charge in [0.05, 0.1) is 11.9 Å². The Hall–Kier alpha value is -2.07. The molecular weight excluding hydrogens is 262 g/mol. The number of pyridine rings is 1. The van der Waals surface area contributed by atoms with Crippen molar-refractivity contribution < 1.29 is 4.79 Å². The summed E-state index contributed by atoms with van der Waals surface area (Å²) in [6, 6.07) is 11.0. The molecule has 98 valence electrons. The van der Waals surface area contributed by atoms with Gasteiger partial charge in [0.15, 0.2) is 0 Å². The minimum Gasteiger partial charge on any atom is -0.340 e. The third-order valence-corrected chi connectivity index (χ3v) is 2.70. The molecule has 0 spiro atoms. The molecule has 0 fully saturated rings. The number of benzene rings is 1. The number of carbonyl (C=O) groups excluding carboxylic acids is 1. The van der Waals surface area contributed by atoms with Crippen LogP contribution in [0.5, 0.6) is 0 Å². The molecule has 0 radical (unpaired) electrons. The standard InChI is InChI=1S/C14H14ClN3O/c1-2-14(19)18-12-6-7-13(16-9-12)17-11-5-3-4-10(15)8-11/h3-9H,2H2,1H3,(H,16,17)(H,18,19). The topological polar surface area (TPSA) is 54.0 Å². The molecule has 1 amide bonds. The van der Waals surface area contributed by atoms with Crippen LogP contribution < -0.4 is 10.6 Å². The van der Waals surface area contributed by atoms with E-state index in [2.05, 4.69) is 15.6 Å². The van der Waals surface area contributed by atoms with Gasteiger partial charge in [0.25, 0.3) is 0 Å². The highest BCUT2D eigenvalue weighted by atomic mass is 35.5. The van der Waals surface area contributed by atoms with Crippen molar-refractivity contribution in [1.29, 1.82) is 0 Å². The molecule has 0 saturated heterocycles. The number of carbonyl (C=O) groups is 1. The number of hydrogen-bond donors (Lipinski definition) is 2. The van der Waals surface area contributed by atoms with Crippen molar-refractivity contribution in [3.63, 3.8) is 0 Å². The number of nitrogens with zero attached hydrogens (tertiary/aromatic N) is 1. The van der Waals surface area contributed by atoms with Crippen molar-refractivity contribution in [3.8, 4) is 0 Å². The number of halogens is 1. The third kappa shape index (κ3) is 3.96. The molecule has 0 bridgehead atoms. The smallest absolute Gasteiger partial charge is 0.224 e.